The van der Waals surface area contributed by atoms with E-state index in [9.17, 15) is 5.11 Å². The van der Waals surface area contributed by atoms with E-state index in [1.165, 1.54) is 0 Å². The zero-order valence-corrected chi connectivity index (χ0v) is 7.93. The summed E-state index contributed by atoms with van der Waals surface area (Å²) in [6.45, 7) is 3.61. The Morgan fingerprint density at radius 3 is 3.07 bits per heavy atom. The van der Waals surface area contributed by atoms with E-state index in [1.54, 1.807) is 6.92 Å². The van der Waals surface area contributed by atoms with Gasteiger partial charge in [-0.3, -0.25) is 0 Å². The fourth-order valence-electron chi connectivity index (χ4n) is 1.29. The van der Waals surface area contributed by atoms with Crippen LogP contribution in [0.2, 0.25) is 0 Å². The number of aromatic nitrogens is 2. The Morgan fingerprint density at radius 1 is 1.64 bits per heavy atom. The second kappa shape index (κ2) is 4.04. The van der Waals surface area contributed by atoms with Crippen LogP contribution < -0.4 is 5.32 Å². The summed E-state index contributed by atoms with van der Waals surface area (Å²) in [6, 6.07) is -0.0278. The predicted octanol–water partition coefficient (Wildman–Crippen LogP) is -0.216. The van der Waals surface area contributed by atoms with Crippen molar-refractivity contribution >= 4 is 0 Å². The molecular weight excluding hydrogens is 186 g/mol. The van der Waals surface area contributed by atoms with Crippen LogP contribution in [0.4, 0.5) is 0 Å². The molecule has 1 aliphatic rings. The minimum Gasteiger partial charge on any atom is -0.384 e. The first-order valence-corrected chi connectivity index (χ1v) is 4.60. The molecule has 0 spiro atoms. The van der Waals surface area contributed by atoms with Crippen LogP contribution in [0.1, 0.15) is 30.8 Å². The molecule has 2 atom stereocenters. The highest BCUT2D eigenvalue weighted by molar-refractivity contribution is 4.96. The third-order valence-electron chi connectivity index (χ3n) is 2.05. The van der Waals surface area contributed by atoms with Crippen molar-refractivity contribution in [3.8, 4) is 0 Å². The number of nitrogens with one attached hydrogen (secondary N) is 1. The number of hydrogen-bond acceptors (Lipinski definition) is 6. The molecule has 0 bridgehead atoms. The highest BCUT2D eigenvalue weighted by Gasteiger charge is 2.21. The Hall–Kier alpha value is -0.980. The van der Waals surface area contributed by atoms with E-state index >= 15 is 0 Å². The molecule has 14 heavy (non-hydrogen) atoms. The van der Waals surface area contributed by atoms with Crippen molar-refractivity contribution in [2.45, 2.75) is 19.1 Å². The summed E-state index contributed by atoms with van der Waals surface area (Å²) in [5, 5.41) is 16.2. The molecule has 1 aromatic rings. The lowest BCUT2D eigenvalue weighted by atomic mass is 10.2. The Balaban J connectivity index is 2.07. The number of ether oxygens (including phenoxy) is 1. The van der Waals surface area contributed by atoms with E-state index in [2.05, 4.69) is 15.5 Å². The molecule has 1 saturated heterocycles. The third kappa shape index (κ3) is 1.92. The number of nitrogens with zero attached hydrogens (tertiary/aromatic N) is 2. The van der Waals surface area contributed by atoms with E-state index in [1.807, 2.05) is 0 Å². The quantitative estimate of drug-likeness (QED) is 0.685. The average molecular weight is 199 g/mol. The van der Waals surface area contributed by atoms with Crippen molar-refractivity contribution in [1.82, 2.24) is 15.5 Å². The van der Waals surface area contributed by atoms with Crippen LogP contribution in [0.3, 0.4) is 0 Å². The number of aliphatic hydroxyl groups is 1. The summed E-state index contributed by atoms with van der Waals surface area (Å²) in [7, 11) is 0. The Kier molecular flexibility index (Phi) is 2.76. The number of rotatable bonds is 2. The van der Waals surface area contributed by atoms with Gasteiger partial charge in [0.1, 0.15) is 6.10 Å². The molecule has 0 aliphatic carbocycles. The zero-order chi connectivity index (χ0) is 9.97. The maximum Gasteiger partial charge on any atom is 0.255 e. The number of aliphatic hydroxyl groups excluding tert-OH is 1. The van der Waals surface area contributed by atoms with Crippen molar-refractivity contribution in [2.24, 2.45) is 0 Å². The van der Waals surface area contributed by atoms with Gasteiger partial charge in [-0.05, 0) is 6.92 Å². The van der Waals surface area contributed by atoms with Crippen molar-refractivity contribution in [3.63, 3.8) is 0 Å². The largest absolute Gasteiger partial charge is 0.384 e. The molecule has 78 valence electrons. The first-order valence-electron chi connectivity index (χ1n) is 4.60. The van der Waals surface area contributed by atoms with Gasteiger partial charge in [0, 0.05) is 6.54 Å². The topological polar surface area (TPSA) is 80.4 Å². The van der Waals surface area contributed by atoms with Gasteiger partial charge in [-0.1, -0.05) is 5.16 Å². The van der Waals surface area contributed by atoms with E-state index in [-0.39, 0.29) is 11.9 Å². The van der Waals surface area contributed by atoms with Gasteiger partial charge in [-0.15, -0.1) is 0 Å². The Morgan fingerprint density at radius 2 is 2.50 bits per heavy atom. The molecule has 6 heteroatoms. The second-order valence-electron chi connectivity index (χ2n) is 3.25. The molecule has 1 aromatic heterocycles. The van der Waals surface area contributed by atoms with Crippen molar-refractivity contribution < 1.29 is 14.4 Å². The highest BCUT2D eigenvalue weighted by Crippen LogP contribution is 2.15. The predicted molar refractivity (Wildman–Crippen MR) is 46.5 cm³/mol. The smallest absolute Gasteiger partial charge is 0.255 e. The molecule has 2 rings (SSSR count). The Labute approximate surface area is 81.3 Å². The molecule has 0 saturated carbocycles. The summed E-state index contributed by atoms with van der Waals surface area (Å²) in [5.74, 6) is 0.785. The van der Waals surface area contributed by atoms with Crippen LogP contribution in [0.15, 0.2) is 4.52 Å². The summed E-state index contributed by atoms with van der Waals surface area (Å²) < 4.78 is 10.1. The van der Waals surface area contributed by atoms with Crippen LogP contribution >= 0.6 is 0 Å². The lowest BCUT2D eigenvalue weighted by Crippen LogP contribution is -2.35. The summed E-state index contributed by atoms with van der Waals surface area (Å²) >= 11 is 0. The minimum atomic E-state index is -0.722. The molecule has 0 aromatic carbocycles. The molecule has 2 N–H and O–H groups in total. The van der Waals surface area contributed by atoms with Gasteiger partial charge in [0.15, 0.2) is 5.82 Å². The standard InChI is InChI=1S/C8H13N3O3/c1-5(12)8-10-7(11-14-8)6-4-13-3-2-9-6/h5-6,9,12H,2-4H2,1H3/t5-,6?/m0/s1. The van der Waals surface area contributed by atoms with Crippen molar-refractivity contribution in [1.29, 1.82) is 0 Å². The summed E-state index contributed by atoms with van der Waals surface area (Å²) in [6.07, 6.45) is -0.722. The number of hydrogen-bond donors (Lipinski definition) is 2. The summed E-state index contributed by atoms with van der Waals surface area (Å²) in [5.41, 5.74) is 0. The van der Waals surface area contributed by atoms with Crippen LogP contribution in [0.25, 0.3) is 0 Å². The van der Waals surface area contributed by atoms with Gasteiger partial charge in [0.05, 0.1) is 19.3 Å². The minimum absolute atomic E-state index is 0.0278. The highest BCUT2D eigenvalue weighted by atomic mass is 16.5. The first-order chi connectivity index (χ1) is 6.77. The molecule has 1 fully saturated rings. The van der Waals surface area contributed by atoms with E-state index in [0.717, 1.165) is 6.54 Å². The monoisotopic (exact) mass is 199 g/mol. The van der Waals surface area contributed by atoms with E-state index in [0.29, 0.717) is 19.0 Å². The van der Waals surface area contributed by atoms with E-state index < -0.39 is 6.10 Å². The average Bonchev–Trinajstić information content (AvgIpc) is 2.68. The third-order valence-corrected chi connectivity index (χ3v) is 2.05. The second-order valence-corrected chi connectivity index (χ2v) is 3.25. The van der Waals surface area contributed by atoms with Gasteiger partial charge in [-0.2, -0.15) is 4.98 Å². The fourth-order valence-corrected chi connectivity index (χ4v) is 1.29. The first kappa shape index (κ1) is 9.57. The van der Waals surface area contributed by atoms with Crippen molar-refractivity contribution in [2.75, 3.05) is 19.8 Å². The fraction of sp³-hybridized carbons (Fsp3) is 0.750. The lowest BCUT2D eigenvalue weighted by molar-refractivity contribution is 0.0734. The normalized spacial score (nSPS) is 24.9. The van der Waals surface area contributed by atoms with Crippen LogP contribution in [-0.2, 0) is 4.74 Å². The molecule has 1 aliphatic heterocycles. The summed E-state index contributed by atoms with van der Waals surface area (Å²) in [4.78, 5) is 4.06. The Bertz CT molecular complexity index is 294. The molecule has 2 heterocycles. The van der Waals surface area contributed by atoms with Gasteiger partial charge in [0.2, 0.25) is 0 Å². The zero-order valence-electron chi connectivity index (χ0n) is 7.93. The lowest BCUT2D eigenvalue weighted by Gasteiger charge is -2.20. The van der Waals surface area contributed by atoms with Gasteiger partial charge >= 0.3 is 0 Å². The maximum atomic E-state index is 9.19. The van der Waals surface area contributed by atoms with Crippen LogP contribution in [0, 0.1) is 0 Å². The molecule has 6 nitrogen and oxygen atoms in total. The molecule has 0 amide bonds. The SMILES string of the molecule is C[C@H](O)c1nc(C2COCCN2)no1. The van der Waals surface area contributed by atoms with Gasteiger partial charge in [-0.25, -0.2) is 0 Å². The van der Waals surface area contributed by atoms with Gasteiger partial charge < -0.3 is 19.7 Å². The van der Waals surface area contributed by atoms with Gasteiger partial charge in [0.25, 0.3) is 5.89 Å². The van der Waals surface area contributed by atoms with Crippen molar-refractivity contribution in [3.05, 3.63) is 11.7 Å². The number of morpholine rings is 1. The molecule has 1 unspecified atom stereocenters. The maximum absolute atomic E-state index is 9.19. The van der Waals surface area contributed by atoms with Crippen LogP contribution in [-0.4, -0.2) is 35.0 Å². The van der Waals surface area contributed by atoms with E-state index in [4.69, 9.17) is 9.26 Å². The molecule has 0 radical (unpaired) electrons. The van der Waals surface area contributed by atoms with Crippen LogP contribution in [0.5, 0.6) is 0 Å². The molecular formula is C8H13N3O3.